The fourth-order valence-electron chi connectivity index (χ4n) is 2.36. The normalized spacial score (nSPS) is 11.0. The summed E-state index contributed by atoms with van der Waals surface area (Å²) < 4.78 is 3.84. The van der Waals surface area contributed by atoms with Gasteiger partial charge in [-0.25, -0.2) is 9.97 Å². The standard InChI is InChI=1S/C15H17N5O/c1-11-17-12-5-3-4-6-13(12)20(11)9-7-14(21)18-15-16-8-10-19(15)2/h3-6,8,10H,7,9H2,1-2H3,(H,16,18,21). The number of nitrogens with one attached hydrogen (secondary N) is 1. The minimum atomic E-state index is -0.0542. The molecule has 1 N–H and O–H groups in total. The van der Waals surface area contributed by atoms with Crippen LogP contribution in [0.1, 0.15) is 12.2 Å². The Kier molecular flexibility index (Phi) is 3.43. The third-order valence-corrected chi connectivity index (χ3v) is 3.48. The number of hydrogen-bond donors (Lipinski definition) is 1. The first-order chi connectivity index (χ1) is 10.1. The zero-order chi connectivity index (χ0) is 14.8. The average Bonchev–Trinajstić information content (AvgIpc) is 3.00. The number of anilines is 1. The molecular formula is C15H17N5O. The number of rotatable bonds is 4. The minimum absolute atomic E-state index is 0.0542. The third kappa shape index (κ3) is 2.65. The van der Waals surface area contributed by atoms with Gasteiger partial charge >= 0.3 is 0 Å². The van der Waals surface area contributed by atoms with Gasteiger partial charge in [-0.1, -0.05) is 12.1 Å². The maximum absolute atomic E-state index is 12.0. The average molecular weight is 283 g/mol. The first-order valence-corrected chi connectivity index (χ1v) is 6.84. The molecule has 0 bridgehead atoms. The van der Waals surface area contributed by atoms with Crippen molar-refractivity contribution >= 4 is 22.9 Å². The van der Waals surface area contributed by atoms with E-state index in [0.717, 1.165) is 16.9 Å². The van der Waals surface area contributed by atoms with Gasteiger partial charge in [0.15, 0.2) is 0 Å². The summed E-state index contributed by atoms with van der Waals surface area (Å²) in [5.74, 6) is 1.43. The van der Waals surface area contributed by atoms with Crippen LogP contribution < -0.4 is 5.32 Å². The van der Waals surface area contributed by atoms with Crippen molar-refractivity contribution in [1.82, 2.24) is 19.1 Å². The highest BCUT2D eigenvalue weighted by atomic mass is 16.1. The molecule has 6 heteroatoms. The second-order valence-corrected chi connectivity index (χ2v) is 4.96. The SMILES string of the molecule is Cc1nc2ccccc2n1CCC(=O)Nc1nccn1C. The Morgan fingerprint density at radius 3 is 2.90 bits per heavy atom. The van der Waals surface area contributed by atoms with Crippen LogP contribution in [0.5, 0.6) is 0 Å². The highest BCUT2D eigenvalue weighted by Gasteiger charge is 2.10. The second kappa shape index (κ2) is 5.40. The van der Waals surface area contributed by atoms with Crippen molar-refractivity contribution in [2.45, 2.75) is 19.9 Å². The van der Waals surface area contributed by atoms with Crippen LogP contribution in [0.25, 0.3) is 11.0 Å². The molecule has 21 heavy (non-hydrogen) atoms. The van der Waals surface area contributed by atoms with E-state index in [4.69, 9.17) is 0 Å². The molecule has 3 rings (SSSR count). The van der Waals surface area contributed by atoms with Crippen LogP contribution >= 0.6 is 0 Å². The van der Waals surface area contributed by atoms with E-state index in [1.54, 1.807) is 17.0 Å². The molecule has 0 atom stereocenters. The van der Waals surface area contributed by atoms with Crippen molar-refractivity contribution in [3.8, 4) is 0 Å². The van der Waals surface area contributed by atoms with E-state index in [9.17, 15) is 4.79 Å². The third-order valence-electron chi connectivity index (χ3n) is 3.48. The molecule has 6 nitrogen and oxygen atoms in total. The lowest BCUT2D eigenvalue weighted by Crippen LogP contribution is -2.17. The fourth-order valence-corrected chi connectivity index (χ4v) is 2.36. The Morgan fingerprint density at radius 1 is 1.33 bits per heavy atom. The van der Waals surface area contributed by atoms with E-state index in [2.05, 4.69) is 19.9 Å². The van der Waals surface area contributed by atoms with E-state index in [0.29, 0.717) is 18.9 Å². The molecule has 0 fully saturated rings. The van der Waals surface area contributed by atoms with E-state index < -0.39 is 0 Å². The first-order valence-electron chi connectivity index (χ1n) is 6.84. The molecule has 0 saturated carbocycles. The number of aryl methyl sites for hydroxylation is 3. The number of fused-ring (bicyclic) bond motifs is 1. The highest BCUT2D eigenvalue weighted by Crippen LogP contribution is 2.16. The number of para-hydroxylation sites is 2. The second-order valence-electron chi connectivity index (χ2n) is 4.96. The molecule has 1 aromatic carbocycles. The predicted octanol–water partition coefficient (Wildman–Crippen LogP) is 2.11. The predicted molar refractivity (Wildman–Crippen MR) is 80.9 cm³/mol. The molecule has 0 saturated heterocycles. The van der Waals surface area contributed by atoms with Gasteiger partial charge in [-0.3, -0.25) is 10.1 Å². The van der Waals surface area contributed by atoms with Gasteiger partial charge in [0.2, 0.25) is 11.9 Å². The van der Waals surface area contributed by atoms with Crippen LogP contribution in [0, 0.1) is 6.92 Å². The van der Waals surface area contributed by atoms with Gasteiger partial charge in [0, 0.05) is 32.4 Å². The highest BCUT2D eigenvalue weighted by molar-refractivity contribution is 5.89. The number of benzene rings is 1. The zero-order valence-corrected chi connectivity index (χ0v) is 12.1. The summed E-state index contributed by atoms with van der Waals surface area (Å²) >= 11 is 0. The van der Waals surface area contributed by atoms with E-state index in [-0.39, 0.29) is 5.91 Å². The minimum Gasteiger partial charge on any atom is -0.328 e. The summed E-state index contributed by atoms with van der Waals surface area (Å²) in [7, 11) is 1.84. The van der Waals surface area contributed by atoms with E-state index in [1.807, 2.05) is 38.2 Å². The van der Waals surface area contributed by atoms with Crippen molar-refractivity contribution < 1.29 is 4.79 Å². The number of carbonyl (C=O) groups is 1. The Morgan fingerprint density at radius 2 is 2.14 bits per heavy atom. The molecule has 2 heterocycles. The maximum atomic E-state index is 12.0. The zero-order valence-electron chi connectivity index (χ0n) is 12.1. The van der Waals surface area contributed by atoms with Crippen LogP contribution in [-0.2, 0) is 18.4 Å². The van der Waals surface area contributed by atoms with Crippen molar-refractivity contribution in [2.75, 3.05) is 5.32 Å². The Labute approximate surface area is 122 Å². The quantitative estimate of drug-likeness (QED) is 0.797. The molecule has 0 spiro atoms. The van der Waals surface area contributed by atoms with E-state index >= 15 is 0 Å². The van der Waals surface area contributed by atoms with Crippen LogP contribution in [0.15, 0.2) is 36.7 Å². The number of carbonyl (C=O) groups excluding carboxylic acids is 1. The molecule has 1 amide bonds. The van der Waals surface area contributed by atoms with Gasteiger partial charge < -0.3 is 9.13 Å². The summed E-state index contributed by atoms with van der Waals surface area (Å²) in [6.45, 7) is 2.55. The molecule has 0 aliphatic heterocycles. The maximum Gasteiger partial charge on any atom is 0.228 e. The lowest BCUT2D eigenvalue weighted by Gasteiger charge is -2.07. The summed E-state index contributed by atoms with van der Waals surface area (Å²) in [6.07, 6.45) is 3.83. The monoisotopic (exact) mass is 283 g/mol. The molecule has 3 aromatic rings. The summed E-state index contributed by atoms with van der Waals surface area (Å²) in [6, 6.07) is 7.94. The number of amides is 1. The molecule has 0 radical (unpaired) electrons. The molecule has 2 aromatic heterocycles. The lowest BCUT2D eigenvalue weighted by atomic mass is 10.3. The van der Waals surface area contributed by atoms with Crippen molar-refractivity contribution in [3.63, 3.8) is 0 Å². The Bertz CT molecular complexity index is 786. The lowest BCUT2D eigenvalue weighted by molar-refractivity contribution is -0.116. The summed E-state index contributed by atoms with van der Waals surface area (Å²) in [4.78, 5) is 20.6. The van der Waals surface area contributed by atoms with Gasteiger partial charge in [0.1, 0.15) is 5.82 Å². The van der Waals surface area contributed by atoms with E-state index in [1.165, 1.54) is 0 Å². The Balaban J connectivity index is 1.70. The van der Waals surface area contributed by atoms with Crippen LogP contribution in [0.3, 0.4) is 0 Å². The topological polar surface area (TPSA) is 64.7 Å². The van der Waals surface area contributed by atoms with Gasteiger partial charge in [-0.2, -0.15) is 0 Å². The Hall–Kier alpha value is -2.63. The summed E-state index contributed by atoms with van der Waals surface area (Å²) in [5.41, 5.74) is 2.01. The van der Waals surface area contributed by atoms with Crippen LogP contribution in [0.2, 0.25) is 0 Å². The van der Waals surface area contributed by atoms with Gasteiger partial charge in [-0.05, 0) is 19.1 Å². The van der Waals surface area contributed by atoms with Crippen molar-refractivity contribution in [2.24, 2.45) is 7.05 Å². The first kappa shape index (κ1) is 13.4. The number of nitrogens with zero attached hydrogens (tertiary/aromatic N) is 4. The van der Waals surface area contributed by atoms with Gasteiger partial charge in [0.25, 0.3) is 0 Å². The smallest absolute Gasteiger partial charge is 0.228 e. The number of aromatic nitrogens is 4. The summed E-state index contributed by atoms with van der Waals surface area (Å²) in [5, 5.41) is 2.80. The molecule has 0 aliphatic carbocycles. The fraction of sp³-hybridized carbons (Fsp3) is 0.267. The van der Waals surface area contributed by atoms with Gasteiger partial charge in [-0.15, -0.1) is 0 Å². The molecule has 108 valence electrons. The number of hydrogen-bond acceptors (Lipinski definition) is 3. The molecular weight excluding hydrogens is 266 g/mol. The number of imidazole rings is 2. The molecule has 0 aliphatic rings. The van der Waals surface area contributed by atoms with Crippen LogP contribution in [-0.4, -0.2) is 25.0 Å². The largest absolute Gasteiger partial charge is 0.328 e. The van der Waals surface area contributed by atoms with Crippen molar-refractivity contribution in [1.29, 1.82) is 0 Å². The van der Waals surface area contributed by atoms with Crippen molar-refractivity contribution in [3.05, 3.63) is 42.5 Å². The van der Waals surface area contributed by atoms with Crippen LogP contribution in [0.4, 0.5) is 5.95 Å². The molecule has 0 unspecified atom stereocenters. The van der Waals surface area contributed by atoms with Gasteiger partial charge in [0.05, 0.1) is 11.0 Å².